The summed E-state index contributed by atoms with van der Waals surface area (Å²) in [6, 6.07) is 12.4. The Morgan fingerprint density at radius 2 is 1.76 bits per heavy atom. The molecule has 0 spiro atoms. The first-order valence-corrected chi connectivity index (χ1v) is 8.14. The molecule has 2 aromatic carbocycles. The van der Waals surface area contributed by atoms with E-state index in [1.165, 1.54) is 6.07 Å². The second-order valence-corrected chi connectivity index (χ2v) is 6.82. The number of hydrogen-bond donors (Lipinski definition) is 2. The zero-order valence-corrected chi connectivity index (χ0v) is 12.8. The molecule has 2 rings (SSSR count). The first kappa shape index (κ1) is 15.5. The van der Waals surface area contributed by atoms with Crippen LogP contribution in [0.25, 0.3) is 10.8 Å². The number of carbonyl (C=O) groups is 1. The predicted octanol–water partition coefficient (Wildman–Crippen LogP) is 1.64. The van der Waals surface area contributed by atoms with Gasteiger partial charge in [0.2, 0.25) is 15.9 Å². The Balaban J connectivity index is 2.16. The van der Waals surface area contributed by atoms with E-state index in [1.54, 1.807) is 12.1 Å². The lowest BCUT2D eigenvalue weighted by Gasteiger charge is -2.10. The number of hydrogen-bond acceptors (Lipinski definition) is 3. The van der Waals surface area contributed by atoms with Crippen molar-refractivity contribution < 1.29 is 13.2 Å². The van der Waals surface area contributed by atoms with E-state index in [0.717, 1.165) is 10.8 Å². The van der Waals surface area contributed by atoms with E-state index in [4.69, 9.17) is 0 Å². The highest BCUT2D eigenvalue weighted by Crippen LogP contribution is 2.18. The quantitative estimate of drug-likeness (QED) is 0.882. The number of fused-ring (bicyclic) bond motifs is 1. The lowest BCUT2D eigenvalue weighted by molar-refractivity contribution is -0.120. The minimum atomic E-state index is -3.69. The first-order chi connectivity index (χ1) is 9.88. The van der Waals surface area contributed by atoms with Gasteiger partial charge in [-0.1, -0.05) is 30.3 Å². The van der Waals surface area contributed by atoms with Crippen LogP contribution in [0.1, 0.15) is 13.8 Å². The fourth-order valence-corrected chi connectivity index (χ4v) is 2.97. The van der Waals surface area contributed by atoms with Crippen LogP contribution in [0.3, 0.4) is 0 Å². The summed E-state index contributed by atoms with van der Waals surface area (Å²) in [7, 11) is -3.69. The van der Waals surface area contributed by atoms with E-state index in [1.807, 2.05) is 38.1 Å². The molecule has 0 fully saturated rings. The van der Waals surface area contributed by atoms with Crippen molar-refractivity contribution >= 4 is 26.7 Å². The fourth-order valence-electron chi connectivity index (χ4n) is 1.95. The molecule has 0 aliphatic carbocycles. The minimum Gasteiger partial charge on any atom is -0.353 e. The largest absolute Gasteiger partial charge is 0.353 e. The maximum Gasteiger partial charge on any atom is 0.241 e. The number of rotatable bonds is 5. The molecule has 0 heterocycles. The molecule has 0 aromatic heterocycles. The Morgan fingerprint density at radius 3 is 2.43 bits per heavy atom. The topological polar surface area (TPSA) is 75.3 Å². The van der Waals surface area contributed by atoms with E-state index < -0.39 is 10.0 Å². The van der Waals surface area contributed by atoms with Crippen molar-refractivity contribution in [1.82, 2.24) is 10.0 Å². The molecule has 0 bridgehead atoms. The van der Waals surface area contributed by atoms with Gasteiger partial charge in [0, 0.05) is 6.04 Å². The average Bonchev–Trinajstić information content (AvgIpc) is 2.44. The van der Waals surface area contributed by atoms with Crippen LogP contribution in [0.15, 0.2) is 47.4 Å². The van der Waals surface area contributed by atoms with Gasteiger partial charge in [0.15, 0.2) is 0 Å². The van der Waals surface area contributed by atoms with Crippen molar-refractivity contribution in [1.29, 1.82) is 0 Å². The highest BCUT2D eigenvalue weighted by molar-refractivity contribution is 7.89. The highest BCUT2D eigenvalue weighted by Gasteiger charge is 2.16. The number of nitrogens with one attached hydrogen (secondary N) is 2. The molecule has 0 atom stereocenters. The molecule has 0 aliphatic heterocycles. The summed E-state index contributed by atoms with van der Waals surface area (Å²) in [5.41, 5.74) is 0. The summed E-state index contributed by atoms with van der Waals surface area (Å²) in [5, 5.41) is 4.44. The molecule has 0 saturated carbocycles. The molecule has 112 valence electrons. The van der Waals surface area contributed by atoms with Gasteiger partial charge in [0.1, 0.15) is 0 Å². The molecule has 0 aliphatic rings. The summed E-state index contributed by atoms with van der Waals surface area (Å²) in [6.07, 6.45) is 0. The van der Waals surface area contributed by atoms with Crippen LogP contribution in [0.2, 0.25) is 0 Å². The van der Waals surface area contributed by atoms with Gasteiger partial charge in [0.25, 0.3) is 0 Å². The second kappa shape index (κ2) is 6.24. The van der Waals surface area contributed by atoms with Gasteiger partial charge in [-0.15, -0.1) is 0 Å². The summed E-state index contributed by atoms with van der Waals surface area (Å²) in [4.78, 5) is 11.7. The molecule has 5 nitrogen and oxygen atoms in total. The minimum absolute atomic E-state index is 0.0253. The standard InChI is InChI=1S/C15H18N2O3S/c1-11(2)17-15(18)10-16-21(19,20)14-8-7-12-5-3-4-6-13(12)9-14/h3-9,11,16H,10H2,1-2H3,(H,17,18). The highest BCUT2D eigenvalue weighted by atomic mass is 32.2. The summed E-state index contributed by atoms with van der Waals surface area (Å²) >= 11 is 0. The molecule has 6 heteroatoms. The summed E-state index contributed by atoms with van der Waals surface area (Å²) in [5.74, 6) is -0.352. The molecule has 21 heavy (non-hydrogen) atoms. The maximum atomic E-state index is 12.2. The van der Waals surface area contributed by atoms with Crippen molar-refractivity contribution in [2.45, 2.75) is 24.8 Å². The number of carbonyl (C=O) groups excluding carboxylic acids is 1. The zero-order valence-electron chi connectivity index (χ0n) is 12.0. The zero-order chi connectivity index (χ0) is 15.5. The fraction of sp³-hybridized carbons (Fsp3) is 0.267. The van der Waals surface area contributed by atoms with E-state index in [-0.39, 0.29) is 23.4 Å². The van der Waals surface area contributed by atoms with Crippen LogP contribution in [-0.2, 0) is 14.8 Å². The summed E-state index contributed by atoms with van der Waals surface area (Å²) < 4.78 is 26.7. The normalized spacial score (nSPS) is 11.8. The van der Waals surface area contributed by atoms with Gasteiger partial charge in [-0.2, -0.15) is 0 Å². The van der Waals surface area contributed by atoms with Gasteiger partial charge in [0.05, 0.1) is 11.4 Å². The van der Waals surface area contributed by atoms with Crippen molar-refractivity contribution in [3.05, 3.63) is 42.5 Å². The van der Waals surface area contributed by atoms with Crippen LogP contribution in [0, 0.1) is 0 Å². The Labute approximate surface area is 124 Å². The van der Waals surface area contributed by atoms with Gasteiger partial charge < -0.3 is 5.32 Å². The van der Waals surface area contributed by atoms with Crippen LogP contribution in [0.4, 0.5) is 0 Å². The lowest BCUT2D eigenvalue weighted by atomic mass is 10.1. The third-order valence-corrected chi connectivity index (χ3v) is 4.30. The molecule has 0 radical (unpaired) electrons. The average molecular weight is 306 g/mol. The molecule has 2 N–H and O–H groups in total. The Hall–Kier alpha value is -1.92. The maximum absolute atomic E-state index is 12.2. The van der Waals surface area contributed by atoms with Gasteiger partial charge in [-0.25, -0.2) is 13.1 Å². The first-order valence-electron chi connectivity index (χ1n) is 6.66. The van der Waals surface area contributed by atoms with Gasteiger partial charge in [-0.3, -0.25) is 4.79 Å². The Bertz CT molecular complexity index is 754. The smallest absolute Gasteiger partial charge is 0.241 e. The number of benzene rings is 2. The van der Waals surface area contributed by atoms with E-state index in [0.29, 0.717) is 0 Å². The van der Waals surface area contributed by atoms with Crippen LogP contribution in [-0.4, -0.2) is 26.9 Å². The molecular formula is C15H18N2O3S. The van der Waals surface area contributed by atoms with Crippen molar-refractivity contribution in [2.75, 3.05) is 6.54 Å². The Kier molecular flexibility index (Phi) is 4.59. The molecule has 1 amide bonds. The SMILES string of the molecule is CC(C)NC(=O)CNS(=O)(=O)c1ccc2ccccc2c1. The van der Waals surface area contributed by atoms with Crippen LogP contribution < -0.4 is 10.0 Å². The van der Waals surface area contributed by atoms with E-state index >= 15 is 0 Å². The Morgan fingerprint density at radius 1 is 1.10 bits per heavy atom. The number of amides is 1. The van der Waals surface area contributed by atoms with Gasteiger partial charge >= 0.3 is 0 Å². The molecule has 2 aromatic rings. The van der Waals surface area contributed by atoms with Crippen molar-refractivity contribution in [3.63, 3.8) is 0 Å². The second-order valence-electron chi connectivity index (χ2n) is 5.06. The van der Waals surface area contributed by atoms with E-state index in [2.05, 4.69) is 10.0 Å². The van der Waals surface area contributed by atoms with E-state index in [9.17, 15) is 13.2 Å². The van der Waals surface area contributed by atoms with Crippen LogP contribution >= 0.6 is 0 Å². The third kappa shape index (κ3) is 4.03. The van der Waals surface area contributed by atoms with Crippen molar-refractivity contribution in [2.24, 2.45) is 0 Å². The predicted molar refractivity (Wildman–Crippen MR) is 82.4 cm³/mol. The van der Waals surface area contributed by atoms with Gasteiger partial charge in [-0.05, 0) is 36.8 Å². The van der Waals surface area contributed by atoms with Crippen LogP contribution in [0.5, 0.6) is 0 Å². The third-order valence-electron chi connectivity index (χ3n) is 2.90. The molecule has 0 saturated heterocycles. The molecular weight excluding hydrogens is 288 g/mol. The van der Waals surface area contributed by atoms with Crippen molar-refractivity contribution in [3.8, 4) is 0 Å². The monoisotopic (exact) mass is 306 g/mol. The number of sulfonamides is 1. The lowest BCUT2D eigenvalue weighted by Crippen LogP contribution is -2.39. The summed E-state index contributed by atoms with van der Waals surface area (Å²) in [6.45, 7) is 3.36. The molecule has 0 unspecified atom stereocenters.